The molecule has 0 aromatic carbocycles. The van der Waals surface area contributed by atoms with Crippen molar-refractivity contribution >= 4 is 17.2 Å². The maximum atomic E-state index is 12.9. The average molecular weight is 553 g/mol. The molecular formula is C29H32N10O2. The zero-order valence-electron chi connectivity index (χ0n) is 22.3. The quantitative estimate of drug-likeness (QED) is 0.302. The molecule has 5 aromatic rings. The first-order valence-corrected chi connectivity index (χ1v) is 13.0. The molecular weight excluding hydrogens is 520 g/mol. The predicted octanol–water partition coefficient (Wildman–Crippen LogP) is 3.11. The standard InChI is InChI=1S/C28H28N10O2.CH4/c1-34-18-23(17-31-34)21-13-24(27-22(14-29)16-32-38(27)19-21)20-3-4-26(30-15-20)35-7-9-36(10-8-35)28(39)25-5-6-37(33-25)11-12-40-2;/h3-6,13,15-19H,7-12H2,1-2H3;1H4. The lowest BCUT2D eigenvalue weighted by molar-refractivity contribution is 0.0739. The number of nitrogens with zero attached hydrogens (tertiary/aromatic N) is 10. The van der Waals surface area contributed by atoms with Gasteiger partial charge in [-0.25, -0.2) is 9.50 Å². The zero-order valence-corrected chi connectivity index (χ0v) is 22.3. The number of anilines is 1. The molecule has 41 heavy (non-hydrogen) atoms. The van der Waals surface area contributed by atoms with Crippen LogP contribution in [0.25, 0.3) is 27.8 Å². The molecule has 0 atom stereocenters. The van der Waals surface area contributed by atoms with Crippen molar-refractivity contribution in [1.29, 1.82) is 5.26 Å². The summed E-state index contributed by atoms with van der Waals surface area (Å²) in [5, 5.41) is 22.8. The number of amides is 1. The lowest BCUT2D eigenvalue weighted by Gasteiger charge is -2.35. The monoisotopic (exact) mass is 552 g/mol. The number of fused-ring (bicyclic) bond motifs is 1. The molecule has 1 amide bonds. The second kappa shape index (κ2) is 11.6. The summed E-state index contributed by atoms with van der Waals surface area (Å²) < 4.78 is 10.3. The summed E-state index contributed by atoms with van der Waals surface area (Å²) in [5.41, 5.74) is 5.34. The summed E-state index contributed by atoms with van der Waals surface area (Å²) in [4.78, 5) is 21.7. The van der Waals surface area contributed by atoms with Crippen molar-refractivity contribution in [3.63, 3.8) is 0 Å². The van der Waals surface area contributed by atoms with Crippen LogP contribution < -0.4 is 4.90 Å². The van der Waals surface area contributed by atoms with Crippen molar-refractivity contribution in [3.8, 4) is 28.3 Å². The number of methoxy groups -OCH3 is 1. The van der Waals surface area contributed by atoms with Crippen LogP contribution in [-0.2, 0) is 18.3 Å². The molecule has 1 fully saturated rings. The first kappa shape index (κ1) is 27.5. The normalized spacial score (nSPS) is 13.3. The first-order valence-electron chi connectivity index (χ1n) is 13.0. The number of carbonyl (C=O) groups is 1. The van der Waals surface area contributed by atoms with E-state index in [9.17, 15) is 10.1 Å². The van der Waals surface area contributed by atoms with Crippen LogP contribution in [0.3, 0.4) is 0 Å². The number of rotatable bonds is 7. The number of aryl methyl sites for hydroxylation is 1. The third-order valence-corrected chi connectivity index (χ3v) is 7.10. The van der Waals surface area contributed by atoms with E-state index in [1.807, 2.05) is 48.7 Å². The Balaban J connectivity index is 0.00000337. The number of piperazine rings is 1. The third-order valence-electron chi connectivity index (χ3n) is 7.10. The van der Waals surface area contributed by atoms with E-state index < -0.39 is 0 Å². The highest BCUT2D eigenvalue weighted by atomic mass is 16.5. The fraction of sp³-hybridized carbons (Fsp3) is 0.310. The van der Waals surface area contributed by atoms with E-state index in [-0.39, 0.29) is 13.3 Å². The second-order valence-corrected chi connectivity index (χ2v) is 9.65. The van der Waals surface area contributed by atoms with Gasteiger partial charge in [-0.1, -0.05) is 7.43 Å². The summed E-state index contributed by atoms with van der Waals surface area (Å²) in [6.45, 7) is 3.67. The van der Waals surface area contributed by atoms with Crippen molar-refractivity contribution in [3.05, 3.63) is 72.7 Å². The number of carbonyl (C=O) groups excluding carboxylic acids is 1. The molecule has 0 unspecified atom stereocenters. The van der Waals surface area contributed by atoms with E-state index in [2.05, 4.69) is 26.3 Å². The Kier molecular flexibility index (Phi) is 7.80. The molecule has 210 valence electrons. The van der Waals surface area contributed by atoms with Crippen molar-refractivity contribution in [1.82, 2.24) is 39.1 Å². The lowest BCUT2D eigenvalue weighted by Crippen LogP contribution is -2.49. The molecule has 0 bridgehead atoms. The molecule has 1 saturated heterocycles. The number of nitriles is 1. The SMILES string of the molecule is C.COCCn1ccc(C(=O)N2CCN(c3ccc(-c4cc(-c5cnn(C)c5)cn5ncc(C#N)c45)cn3)CC2)n1. The van der Waals surface area contributed by atoms with Crippen molar-refractivity contribution in [2.45, 2.75) is 14.0 Å². The summed E-state index contributed by atoms with van der Waals surface area (Å²) in [5.74, 6) is 0.777. The number of hydrogen-bond acceptors (Lipinski definition) is 8. The Labute approximate surface area is 238 Å². The molecule has 0 saturated carbocycles. The van der Waals surface area contributed by atoms with Gasteiger partial charge in [0.1, 0.15) is 17.6 Å². The molecule has 1 aliphatic heterocycles. The van der Waals surface area contributed by atoms with Crippen LogP contribution in [0.15, 0.2) is 61.4 Å². The highest BCUT2D eigenvalue weighted by Gasteiger charge is 2.24. The largest absolute Gasteiger partial charge is 0.383 e. The average Bonchev–Trinajstić information content (AvgIpc) is 3.75. The smallest absolute Gasteiger partial charge is 0.274 e. The Bertz CT molecular complexity index is 1700. The molecule has 6 heterocycles. The minimum atomic E-state index is -0.0641. The van der Waals surface area contributed by atoms with E-state index >= 15 is 0 Å². The first-order chi connectivity index (χ1) is 19.5. The fourth-order valence-corrected chi connectivity index (χ4v) is 4.97. The van der Waals surface area contributed by atoms with Gasteiger partial charge >= 0.3 is 0 Å². The van der Waals surface area contributed by atoms with Gasteiger partial charge in [-0.2, -0.15) is 20.6 Å². The Hall–Kier alpha value is -5.02. The number of hydrogen-bond donors (Lipinski definition) is 0. The van der Waals surface area contributed by atoms with E-state index in [0.717, 1.165) is 33.6 Å². The van der Waals surface area contributed by atoms with Gasteiger partial charge < -0.3 is 14.5 Å². The Morgan fingerprint density at radius 3 is 2.54 bits per heavy atom. The molecule has 12 heteroatoms. The van der Waals surface area contributed by atoms with Crippen LogP contribution in [-0.4, -0.2) is 84.9 Å². The van der Waals surface area contributed by atoms with Crippen LogP contribution in [0.4, 0.5) is 5.82 Å². The van der Waals surface area contributed by atoms with Gasteiger partial charge in [-0.05, 0) is 24.3 Å². The maximum Gasteiger partial charge on any atom is 0.274 e. The van der Waals surface area contributed by atoms with E-state index in [1.165, 1.54) is 0 Å². The molecule has 6 rings (SSSR count). The van der Waals surface area contributed by atoms with E-state index in [4.69, 9.17) is 9.72 Å². The minimum Gasteiger partial charge on any atom is -0.383 e. The zero-order chi connectivity index (χ0) is 27.6. The molecule has 5 aromatic heterocycles. The highest BCUT2D eigenvalue weighted by molar-refractivity contribution is 5.92. The summed E-state index contributed by atoms with van der Waals surface area (Å²) in [6, 6.07) is 10.1. The third kappa shape index (κ3) is 5.39. The summed E-state index contributed by atoms with van der Waals surface area (Å²) >= 11 is 0. The van der Waals surface area contributed by atoms with Gasteiger partial charge in [0.15, 0.2) is 0 Å². The van der Waals surface area contributed by atoms with Gasteiger partial charge in [0, 0.05) is 87.4 Å². The van der Waals surface area contributed by atoms with Crippen molar-refractivity contribution < 1.29 is 9.53 Å². The molecule has 1 aliphatic rings. The lowest BCUT2D eigenvalue weighted by atomic mass is 10.0. The fourth-order valence-electron chi connectivity index (χ4n) is 4.97. The van der Waals surface area contributed by atoms with Gasteiger partial charge in [0.25, 0.3) is 5.91 Å². The predicted molar refractivity (Wildman–Crippen MR) is 154 cm³/mol. The van der Waals surface area contributed by atoms with Gasteiger partial charge in [-0.15, -0.1) is 0 Å². The van der Waals surface area contributed by atoms with Crippen molar-refractivity contribution in [2.75, 3.05) is 44.8 Å². The van der Waals surface area contributed by atoms with Gasteiger partial charge in [0.05, 0.1) is 36.6 Å². The Morgan fingerprint density at radius 1 is 1.02 bits per heavy atom. The number of aromatic nitrogens is 7. The van der Waals surface area contributed by atoms with Crippen LogP contribution in [0, 0.1) is 11.3 Å². The van der Waals surface area contributed by atoms with Crippen LogP contribution >= 0.6 is 0 Å². The molecule has 0 aliphatic carbocycles. The van der Waals surface area contributed by atoms with Crippen molar-refractivity contribution in [2.24, 2.45) is 7.05 Å². The van der Waals surface area contributed by atoms with Gasteiger partial charge in [-0.3, -0.25) is 14.2 Å². The maximum absolute atomic E-state index is 12.9. The molecule has 0 N–H and O–H groups in total. The topological polar surface area (TPSA) is 122 Å². The highest BCUT2D eigenvalue weighted by Crippen LogP contribution is 2.32. The van der Waals surface area contributed by atoms with Crippen LogP contribution in [0.1, 0.15) is 23.5 Å². The summed E-state index contributed by atoms with van der Waals surface area (Å²) in [7, 11) is 3.52. The van der Waals surface area contributed by atoms with E-state index in [0.29, 0.717) is 50.6 Å². The minimum absolute atomic E-state index is 0. The Morgan fingerprint density at radius 2 is 1.85 bits per heavy atom. The van der Waals surface area contributed by atoms with Gasteiger partial charge in [0.2, 0.25) is 0 Å². The van der Waals surface area contributed by atoms with Crippen LogP contribution in [0.2, 0.25) is 0 Å². The molecule has 0 radical (unpaired) electrons. The number of pyridine rings is 2. The molecule has 12 nitrogen and oxygen atoms in total. The number of ether oxygens (including phenoxy) is 1. The summed E-state index contributed by atoms with van der Waals surface area (Å²) in [6.07, 6.45) is 10.9. The molecule has 0 spiro atoms. The second-order valence-electron chi connectivity index (χ2n) is 9.65. The van der Waals surface area contributed by atoms with Crippen LogP contribution in [0.5, 0.6) is 0 Å². The van der Waals surface area contributed by atoms with E-state index in [1.54, 1.807) is 45.6 Å².